The molecule has 0 aliphatic heterocycles. The van der Waals surface area contributed by atoms with Crippen molar-refractivity contribution in [2.75, 3.05) is 0 Å². The van der Waals surface area contributed by atoms with Crippen molar-refractivity contribution in [1.82, 2.24) is 15.5 Å². The molecule has 8 heteroatoms. The third-order valence-corrected chi connectivity index (χ3v) is 4.87. The van der Waals surface area contributed by atoms with Crippen LogP contribution in [0.3, 0.4) is 0 Å². The number of carboxylic acid groups (broad SMARTS) is 1. The maximum Gasteiger partial charge on any atom is 0.306 e. The molecule has 1 aliphatic rings. The SMILES string of the molecule is O=C(O)[C@@H]1CC[C@H](C(=O)NCc2nc(Cc3cccs3)no2)C1. The van der Waals surface area contributed by atoms with Gasteiger partial charge < -0.3 is 14.9 Å². The minimum atomic E-state index is -0.824. The van der Waals surface area contributed by atoms with Crippen LogP contribution in [0, 0.1) is 11.8 Å². The molecular weight excluding hydrogens is 318 g/mol. The normalized spacial score (nSPS) is 20.5. The first-order valence-corrected chi connectivity index (χ1v) is 8.34. The van der Waals surface area contributed by atoms with Crippen molar-refractivity contribution in [3.8, 4) is 0 Å². The molecular formula is C15H17N3O4S. The molecule has 0 saturated heterocycles. The Bertz CT molecular complexity index is 683. The van der Waals surface area contributed by atoms with Crippen LogP contribution in [0.4, 0.5) is 0 Å². The van der Waals surface area contributed by atoms with Gasteiger partial charge >= 0.3 is 5.97 Å². The smallest absolute Gasteiger partial charge is 0.306 e. The lowest BCUT2D eigenvalue weighted by molar-refractivity contribution is -0.141. The fourth-order valence-electron chi connectivity index (χ4n) is 2.75. The van der Waals surface area contributed by atoms with E-state index in [0.29, 0.717) is 37.4 Å². The van der Waals surface area contributed by atoms with E-state index in [1.807, 2.05) is 17.5 Å². The summed E-state index contributed by atoms with van der Waals surface area (Å²) < 4.78 is 5.12. The summed E-state index contributed by atoms with van der Waals surface area (Å²) >= 11 is 1.63. The van der Waals surface area contributed by atoms with Crippen LogP contribution < -0.4 is 5.32 Å². The summed E-state index contributed by atoms with van der Waals surface area (Å²) in [7, 11) is 0. The molecule has 1 saturated carbocycles. The lowest BCUT2D eigenvalue weighted by Crippen LogP contribution is -2.29. The average Bonchev–Trinajstić information content (AvgIpc) is 3.27. The summed E-state index contributed by atoms with van der Waals surface area (Å²) in [6.07, 6.45) is 2.17. The van der Waals surface area contributed by atoms with E-state index in [4.69, 9.17) is 9.63 Å². The van der Waals surface area contributed by atoms with Crippen molar-refractivity contribution in [2.24, 2.45) is 11.8 Å². The molecule has 23 heavy (non-hydrogen) atoms. The summed E-state index contributed by atoms with van der Waals surface area (Å²) in [5.74, 6) is -0.681. The molecule has 7 nitrogen and oxygen atoms in total. The van der Waals surface area contributed by atoms with Gasteiger partial charge in [-0.15, -0.1) is 11.3 Å². The first kappa shape index (κ1) is 15.7. The molecule has 2 N–H and O–H groups in total. The Morgan fingerprint density at radius 3 is 2.91 bits per heavy atom. The maximum atomic E-state index is 12.1. The van der Waals surface area contributed by atoms with Crippen LogP contribution in [0.1, 0.15) is 35.9 Å². The number of carbonyl (C=O) groups is 2. The molecule has 0 unspecified atom stereocenters. The Kier molecular flexibility index (Phi) is 4.71. The average molecular weight is 335 g/mol. The fraction of sp³-hybridized carbons (Fsp3) is 0.467. The fourth-order valence-corrected chi connectivity index (χ4v) is 3.46. The van der Waals surface area contributed by atoms with Crippen LogP contribution in [0.5, 0.6) is 0 Å². The molecule has 0 aromatic carbocycles. The summed E-state index contributed by atoms with van der Waals surface area (Å²) in [6, 6.07) is 3.97. The molecule has 1 amide bonds. The minimum absolute atomic E-state index is 0.147. The standard InChI is InChI=1S/C15H17N3O4S/c19-14(9-3-4-10(6-9)15(20)21)16-8-13-17-12(18-22-13)7-11-2-1-5-23-11/h1-2,5,9-10H,3-4,6-8H2,(H,16,19)(H,20,21)/t9-,10+/m0/s1. The van der Waals surface area contributed by atoms with Crippen LogP contribution >= 0.6 is 11.3 Å². The minimum Gasteiger partial charge on any atom is -0.481 e. The van der Waals surface area contributed by atoms with E-state index in [2.05, 4.69) is 15.5 Å². The zero-order valence-corrected chi connectivity index (χ0v) is 13.2. The molecule has 1 aliphatic carbocycles. The van der Waals surface area contributed by atoms with Crippen molar-refractivity contribution >= 4 is 23.2 Å². The number of nitrogens with one attached hydrogen (secondary N) is 1. The van der Waals surface area contributed by atoms with E-state index in [1.54, 1.807) is 11.3 Å². The Labute approximate surface area is 136 Å². The second-order valence-corrected chi connectivity index (χ2v) is 6.66. The summed E-state index contributed by atoms with van der Waals surface area (Å²) in [6.45, 7) is 0.171. The van der Waals surface area contributed by atoms with Gasteiger partial charge in [-0.1, -0.05) is 11.2 Å². The van der Waals surface area contributed by atoms with Crippen molar-refractivity contribution in [1.29, 1.82) is 0 Å². The van der Waals surface area contributed by atoms with Gasteiger partial charge in [-0.05, 0) is 30.7 Å². The van der Waals surface area contributed by atoms with Crippen molar-refractivity contribution in [3.05, 3.63) is 34.1 Å². The predicted octanol–water partition coefficient (Wildman–Crippen LogP) is 1.84. The van der Waals surface area contributed by atoms with E-state index < -0.39 is 11.9 Å². The monoisotopic (exact) mass is 335 g/mol. The van der Waals surface area contributed by atoms with Crippen LogP contribution in [0.15, 0.2) is 22.0 Å². The lowest BCUT2D eigenvalue weighted by atomic mass is 10.0. The van der Waals surface area contributed by atoms with Gasteiger partial charge in [-0.25, -0.2) is 0 Å². The number of carboxylic acids is 1. The number of hydrogen-bond donors (Lipinski definition) is 2. The highest BCUT2D eigenvalue weighted by Gasteiger charge is 2.33. The Morgan fingerprint density at radius 1 is 1.39 bits per heavy atom. The van der Waals surface area contributed by atoms with Gasteiger partial charge in [-0.3, -0.25) is 9.59 Å². The molecule has 2 aromatic rings. The van der Waals surface area contributed by atoms with E-state index in [-0.39, 0.29) is 18.4 Å². The number of nitrogens with zero attached hydrogens (tertiary/aromatic N) is 2. The van der Waals surface area contributed by atoms with E-state index in [1.165, 1.54) is 0 Å². The van der Waals surface area contributed by atoms with Gasteiger partial charge in [0.25, 0.3) is 0 Å². The van der Waals surface area contributed by atoms with Gasteiger partial charge in [0, 0.05) is 17.2 Å². The maximum absolute atomic E-state index is 12.1. The zero-order valence-electron chi connectivity index (χ0n) is 12.4. The molecule has 0 spiro atoms. The number of hydrogen-bond acceptors (Lipinski definition) is 6. The Morgan fingerprint density at radius 2 is 2.22 bits per heavy atom. The molecule has 3 rings (SSSR count). The third-order valence-electron chi connectivity index (χ3n) is 3.99. The number of thiophene rings is 1. The topological polar surface area (TPSA) is 105 Å². The quantitative estimate of drug-likeness (QED) is 0.834. The van der Waals surface area contributed by atoms with Crippen LogP contribution in [0.25, 0.3) is 0 Å². The highest BCUT2D eigenvalue weighted by molar-refractivity contribution is 7.09. The highest BCUT2D eigenvalue weighted by Crippen LogP contribution is 2.31. The summed E-state index contributed by atoms with van der Waals surface area (Å²) in [5, 5.41) is 17.6. The van der Waals surface area contributed by atoms with Crippen molar-refractivity contribution in [3.63, 3.8) is 0 Å². The molecule has 2 heterocycles. The van der Waals surface area contributed by atoms with Gasteiger partial charge in [0.2, 0.25) is 11.8 Å². The molecule has 1 fully saturated rings. The second-order valence-electron chi connectivity index (χ2n) is 5.62. The van der Waals surface area contributed by atoms with Gasteiger partial charge in [-0.2, -0.15) is 4.98 Å². The largest absolute Gasteiger partial charge is 0.481 e. The second kappa shape index (κ2) is 6.91. The van der Waals surface area contributed by atoms with Crippen molar-refractivity contribution in [2.45, 2.75) is 32.2 Å². The molecule has 2 atom stereocenters. The zero-order chi connectivity index (χ0) is 16.2. The number of carbonyl (C=O) groups excluding carboxylic acids is 1. The van der Waals surface area contributed by atoms with Crippen LogP contribution in [-0.2, 0) is 22.6 Å². The van der Waals surface area contributed by atoms with E-state index in [9.17, 15) is 9.59 Å². The first-order valence-electron chi connectivity index (χ1n) is 7.46. The third kappa shape index (κ3) is 3.95. The number of amides is 1. The number of aromatic nitrogens is 2. The lowest BCUT2D eigenvalue weighted by Gasteiger charge is -2.08. The van der Waals surface area contributed by atoms with Crippen LogP contribution in [0.2, 0.25) is 0 Å². The van der Waals surface area contributed by atoms with E-state index in [0.717, 1.165) is 4.88 Å². The Balaban J connectivity index is 1.48. The van der Waals surface area contributed by atoms with Gasteiger partial charge in [0.1, 0.15) is 0 Å². The summed E-state index contributed by atoms with van der Waals surface area (Å²) in [5.41, 5.74) is 0. The van der Waals surface area contributed by atoms with Crippen LogP contribution in [-0.4, -0.2) is 27.1 Å². The predicted molar refractivity (Wildman–Crippen MR) is 81.7 cm³/mol. The summed E-state index contributed by atoms with van der Waals surface area (Å²) in [4.78, 5) is 28.4. The number of rotatable bonds is 6. The van der Waals surface area contributed by atoms with E-state index >= 15 is 0 Å². The molecule has 122 valence electrons. The van der Waals surface area contributed by atoms with Crippen molar-refractivity contribution < 1.29 is 19.2 Å². The molecule has 2 aromatic heterocycles. The number of aliphatic carboxylic acids is 1. The Hall–Kier alpha value is -2.22. The van der Waals surface area contributed by atoms with Gasteiger partial charge in [0.15, 0.2) is 5.82 Å². The first-order chi connectivity index (χ1) is 11.1. The van der Waals surface area contributed by atoms with Gasteiger partial charge in [0.05, 0.1) is 12.5 Å². The highest BCUT2D eigenvalue weighted by atomic mass is 32.1. The molecule has 0 radical (unpaired) electrons. The molecule has 0 bridgehead atoms.